The van der Waals surface area contributed by atoms with Crippen molar-refractivity contribution in [1.29, 1.82) is 0 Å². The van der Waals surface area contributed by atoms with E-state index < -0.39 is 0 Å². The van der Waals surface area contributed by atoms with Crippen LogP contribution >= 0.6 is 0 Å². The molecule has 0 unspecified atom stereocenters. The Morgan fingerprint density at radius 3 is 3.00 bits per heavy atom. The number of hydrogen-bond acceptors (Lipinski definition) is 2. The van der Waals surface area contributed by atoms with E-state index in [-0.39, 0.29) is 0 Å². The molecule has 0 aromatic carbocycles. The van der Waals surface area contributed by atoms with Crippen molar-refractivity contribution in [3.63, 3.8) is 0 Å². The third-order valence-corrected chi connectivity index (χ3v) is 1.52. The minimum atomic E-state index is 0.671. The second-order valence-corrected chi connectivity index (χ2v) is 2.50. The predicted octanol–water partition coefficient (Wildman–Crippen LogP) is 1.35. The van der Waals surface area contributed by atoms with Gasteiger partial charge in [-0.1, -0.05) is 6.92 Å². The van der Waals surface area contributed by atoms with Gasteiger partial charge in [0, 0.05) is 19.9 Å². The standard InChI is InChI=1S/C8H14N2O/c1-3-6-11-7-8-4-5-9-10(8)2/h4-5H,3,6-7H2,1-2H3. The van der Waals surface area contributed by atoms with Gasteiger partial charge in [-0.2, -0.15) is 5.10 Å². The van der Waals surface area contributed by atoms with E-state index in [1.54, 1.807) is 6.20 Å². The van der Waals surface area contributed by atoms with E-state index in [1.165, 1.54) is 0 Å². The monoisotopic (exact) mass is 154 g/mol. The Kier molecular flexibility index (Phi) is 3.11. The predicted molar refractivity (Wildman–Crippen MR) is 43.2 cm³/mol. The molecule has 0 radical (unpaired) electrons. The normalized spacial score (nSPS) is 10.4. The highest BCUT2D eigenvalue weighted by Gasteiger charge is 1.96. The molecule has 3 heteroatoms. The van der Waals surface area contributed by atoms with Crippen molar-refractivity contribution in [3.8, 4) is 0 Å². The van der Waals surface area contributed by atoms with Crippen molar-refractivity contribution < 1.29 is 4.74 Å². The Balaban J connectivity index is 2.32. The zero-order valence-corrected chi connectivity index (χ0v) is 7.08. The summed E-state index contributed by atoms with van der Waals surface area (Å²) < 4.78 is 7.18. The van der Waals surface area contributed by atoms with E-state index in [0.717, 1.165) is 18.7 Å². The first-order chi connectivity index (χ1) is 5.34. The molecule has 0 amide bonds. The van der Waals surface area contributed by atoms with E-state index in [1.807, 2.05) is 17.8 Å². The Hall–Kier alpha value is -0.830. The van der Waals surface area contributed by atoms with Gasteiger partial charge in [-0.25, -0.2) is 0 Å². The summed E-state index contributed by atoms with van der Waals surface area (Å²) in [6.45, 7) is 3.60. The Bertz CT molecular complexity index is 208. The van der Waals surface area contributed by atoms with Crippen molar-refractivity contribution >= 4 is 0 Å². The molecule has 1 heterocycles. The molecule has 0 aliphatic heterocycles. The van der Waals surface area contributed by atoms with Crippen LogP contribution in [0, 0.1) is 0 Å². The van der Waals surface area contributed by atoms with Crippen LogP contribution in [0.3, 0.4) is 0 Å². The van der Waals surface area contributed by atoms with Crippen molar-refractivity contribution in [2.45, 2.75) is 20.0 Å². The van der Waals surface area contributed by atoms with Crippen LogP contribution in [-0.2, 0) is 18.4 Å². The summed E-state index contributed by atoms with van der Waals surface area (Å²) >= 11 is 0. The lowest BCUT2D eigenvalue weighted by Crippen LogP contribution is -2.01. The van der Waals surface area contributed by atoms with Gasteiger partial charge in [0.1, 0.15) is 0 Å². The van der Waals surface area contributed by atoms with Gasteiger partial charge >= 0.3 is 0 Å². The van der Waals surface area contributed by atoms with Gasteiger partial charge < -0.3 is 4.74 Å². The van der Waals surface area contributed by atoms with Crippen LogP contribution in [0.5, 0.6) is 0 Å². The molecule has 0 aliphatic rings. The molecule has 0 spiro atoms. The number of hydrogen-bond donors (Lipinski definition) is 0. The Morgan fingerprint density at radius 2 is 2.45 bits per heavy atom. The topological polar surface area (TPSA) is 27.1 Å². The molecular weight excluding hydrogens is 140 g/mol. The number of nitrogens with zero attached hydrogens (tertiary/aromatic N) is 2. The van der Waals surface area contributed by atoms with E-state index in [0.29, 0.717) is 6.61 Å². The van der Waals surface area contributed by atoms with Crippen molar-refractivity contribution in [1.82, 2.24) is 9.78 Å². The third kappa shape index (κ3) is 2.35. The van der Waals surface area contributed by atoms with Gasteiger partial charge in [0.15, 0.2) is 0 Å². The number of aryl methyl sites for hydroxylation is 1. The lowest BCUT2D eigenvalue weighted by molar-refractivity contribution is 0.116. The third-order valence-electron chi connectivity index (χ3n) is 1.52. The van der Waals surface area contributed by atoms with Crippen molar-refractivity contribution in [2.24, 2.45) is 7.05 Å². The van der Waals surface area contributed by atoms with Gasteiger partial charge in [-0.3, -0.25) is 4.68 Å². The van der Waals surface area contributed by atoms with E-state index in [4.69, 9.17) is 4.74 Å². The van der Waals surface area contributed by atoms with E-state index in [2.05, 4.69) is 12.0 Å². The highest BCUT2D eigenvalue weighted by atomic mass is 16.5. The maximum Gasteiger partial charge on any atom is 0.0884 e. The quantitative estimate of drug-likeness (QED) is 0.612. The van der Waals surface area contributed by atoms with Gasteiger partial charge in [0.25, 0.3) is 0 Å². The van der Waals surface area contributed by atoms with Gasteiger partial charge in [0.05, 0.1) is 12.3 Å². The van der Waals surface area contributed by atoms with Gasteiger partial charge in [-0.15, -0.1) is 0 Å². The zero-order chi connectivity index (χ0) is 8.10. The van der Waals surface area contributed by atoms with Crippen LogP contribution in [0.2, 0.25) is 0 Å². The van der Waals surface area contributed by atoms with Crippen LogP contribution < -0.4 is 0 Å². The van der Waals surface area contributed by atoms with Crippen molar-refractivity contribution in [2.75, 3.05) is 6.61 Å². The average molecular weight is 154 g/mol. The summed E-state index contributed by atoms with van der Waals surface area (Å²) in [5, 5.41) is 4.03. The zero-order valence-electron chi connectivity index (χ0n) is 7.08. The average Bonchev–Trinajstić information content (AvgIpc) is 2.37. The minimum absolute atomic E-state index is 0.671. The summed E-state index contributed by atoms with van der Waals surface area (Å²) in [4.78, 5) is 0. The fourth-order valence-corrected chi connectivity index (χ4v) is 0.864. The maximum absolute atomic E-state index is 5.35. The smallest absolute Gasteiger partial charge is 0.0884 e. The fourth-order valence-electron chi connectivity index (χ4n) is 0.864. The summed E-state index contributed by atoms with van der Waals surface area (Å²) in [6, 6.07) is 1.97. The SMILES string of the molecule is CCCOCc1ccnn1C. The molecule has 1 rings (SSSR count). The Labute approximate surface area is 67.0 Å². The molecule has 3 nitrogen and oxygen atoms in total. The summed E-state index contributed by atoms with van der Waals surface area (Å²) in [6.07, 6.45) is 2.85. The minimum Gasteiger partial charge on any atom is -0.375 e. The first-order valence-corrected chi connectivity index (χ1v) is 3.89. The van der Waals surface area contributed by atoms with Gasteiger partial charge in [-0.05, 0) is 12.5 Å². The molecule has 1 aromatic rings. The molecule has 0 N–H and O–H groups in total. The second-order valence-electron chi connectivity index (χ2n) is 2.50. The molecule has 62 valence electrons. The fraction of sp³-hybridized carbons (Fsp3) is 0.625. The highest BCUT2D eigenvalue weighted by molar-refractivity contribution is 4.97. The lowest BCUT2D eigenvalue weighted by atomic mass is 10.4. The number of aromatic nitrogens is 2. The van der Waals surface area contributed by atoms with Crippen molar-refractivity contribution in [3.05, 3.63) is 18.0 Å². The first-order valence-electron chi connectivity index (χ1n) is 3.89. The summed E-state index contributed by atoms with van der Waals surface area (Å²) in [7, 11) is 1.92. The van der Waals surface area contributed by atoms with Crippen LogP contribution in [0.4, 0.5) is 0 Å². The number of ether oxygens (including phenoxy) is 1. The highest BCUT2D eigenvalue weighted by Crippen LogP contribution is 1.98. The Morgan fingerprint density at radius 1 is 1.64 bits per heavy atom. The lowest BCUT2D eigenvalue weighted by Gasteiger charge is -2.01. The summed E-state index contributed by atoms with van der Waals surface area (Å²) in [5.41, 5.74) is 1.12. The van der Waals surface area contributed by atoms with Crippen LogP contribution in [0.1, 0.15) is 19.0 Å². The number of rotatable bonds is 4. The molecule has 0 saturated heterocycles. The molecule has 0 aliphatic carbocycles. The summed E-state index contributed by atoms with van der Waals surface area (Å²) in [5.74, 6) is 0. The molecule has 0 atom stereocenters. The largest absolute Gasteiger partial charge is 0.375 e. The van der Waals surface area contributed by atoms with E-state index in [9.17, 15) is 0 Å². The van der Waals surface area contributed by atoms with Crippen LogP contribution in [0.25, 0.3) is 0 Å². The van der Waals surface area contributed by atoms with Crippen LogP contribution in [0.15, 0.2) is 12.3 Å². The molecule has 0 fully saturated rings. The van der Waals surface area contributed by atoms with Gasteiger partial charge in [0.2, 0.25) is 0 Å². The second kappa shape index (κ2) is 4.13. The maximum atomic E-state index is 5.35. The molecule has 1 aromatic heterocycles. The molecule has 0 bridgehead atoms. The van der Waals surface area contributed by atoms with Crippen LogP contribution in [-0.4, -0.2) is 16.4 Å². The first kappa shape index (κ1) is 8.27. The molecule has 11 heavy (non-hydrogen) atoms. The molecule has 0 saturated carbocycles. The van der Waals surface area contributed by atoms with E-state index >= 15 is 0 Å². The molecular formula is C8H14N2O.